The van der Waals surface area contributed by atoms with Crippen LogP contribution in [0, 0.1) is 12.8 Å². The number of rotatable bonds is 8. The van der Waals surface area contributed by atoms with E-state index >= 15 is 0 Å². The van der Waals surface area contributed by atoms with Crippen molar-refractivity contribution >= 4 is 41.3 Å². The van der Waals surface area contributed by atoms with Gasteiger partial charge in [0.2, 0.25) is 0 Å². The Morgan fingerprint density at radius 1 is 1.23 bits per heavy atom. The summed E-state index contributed by atoms with van der Waals surface area (Å²) in [6, 6.07) is 11.0. The maximum atomic E-state index is 12.9. The fourth-order valence-corrected chi connectivity index (χ4v) is 4.76. The van der Waals surface area contributed by atoms with Crippen molar-refractivity contribution in [3.63, 3.8) is 0 Å². The highest BCUT2D eigenvalue weighted by molar-refractivity contribution is 5.85. The lowest BCUT2D eigenvalue weighted by Crippen LogP contribution is -2.49. The van der Waals surface area contributed by atoms with Gasteiger partial charge in [-0.1, -0.05) is 24.3 Å². The molecule has 35 heavy (non-hydrogen) atoms. The average molecular weight is 474 g/mol. The van der Waals surface area contributed by atoms with E-state index in [9.17, 15) is 14.4 Å². The molecule has 2 heterocycles. The molecule has 1 fully saturated rings. The molecule has 0 bridgehead atoms. The number of amides is 2. The van der Waals surface area contributed by atoms with Crippen molar-refractivity contribution in [3.05, 3.63) is 64.9 Å². The van der Waals surface area contributed by atoms with E-state index in [1.54, 1.807) is 11.1 Å². The molecule has 3 N–H and O–H groups in total. The number of hydrogen-bond donors (Lipinski definition) is 3. The van der Waals surface area contributed by atoms with Crippen LogP contribution in [0.5, 0.6) is 0 Å². The second-order valence-corrected chi connectivity index (χ2v) is 9.00. The Morgan fingerprint density at radius 2 is 2.00 bits per heavy atom. The van der Waals surface area contributed by atoms with Gasteiger partial charge in [-0.15, -0.1) is 0 Å². The fourth-order valence-electron chi connectivity index (χ4n) is 4.76. The molecule has 0 saturated carbocycles. The first-order valence-corrected chi connectivity index (χ1v) is 11.9. The van der Waals surface area contributed by atoms with E-state index < -0.39 is 6.04 Å². The molecule has 0 radical (unpaired) electrons. The predicted octanol–water partition coefficient (Wildman–Crippen LogP) is 3.73. The van der Waals surface area contributed by atoms with E-state index in [4.69, 9.17) is 0 Å². The van der Waals surface area contributed by atoms with E-state index in [1.165, 1.54) is 0 Å². The quantitative estimate of drug-likeness (QED) is 0.341. The maximum Gasteiger partial charge on any atom is 0.317 e. The first-order chi connectivity index (χ1) is 17.0. The summed E-state index contributed by atoms with van der Waals surface area (Å²) in [5, 5.41) is 14.0. The van der Waals surface area contributed by atoms with Crippen LogP contribution in [0.25, 0.3) is 17.0 Å². The van der Waals surface area contributed by atoms with Crippen LogP contribution in [-0.4, -0.2) is 59.9 Å². The standard InChI is InChI=1S/C27H31N5O3/c1-18-11-19(12-22-15-29-31-26(18)22)13-24(17-34)30-27(35)32-9-7-20(8-10-32)23(16-33)14-21-5-3-4-6-25(21)28-2/h3-6,11-12,14-17,20,24,28H,7-10,13H2,1-2H3,(H,29,31)(H,30,35)/b23-14+. The first-order valence-electron chi connectivity index (χ1n) is 11.9. The van der Waals surface area contributed by atoms with Gasteiger partial charge < -0.3 is 20.3 Å². The number of H-pyrrole nitrogens is 1. The average Bonchev–Trinajstić information content (AvgIpc) is 3.36. The van der Waals surface area contributed by atoms with Crippen LogP contribution in [-0.2, 0) is 16.0 Å². The molecule has 1 unspecified atom stereocenters. The van der Waals surface area contributed by atoms with Crippen LogP contribution in [0.2, 0.25) is 0 Å². The van der Waals surface area contributed by atoms with Crippen LogP contribution in [0.1, 0.15) is 29.5 Å². The highest BCUT2D eigenvalue weighted by Gasteiger charge is 2.26. The molecule has 182 valence electrons. The number of fused-ring (bicyclic) bond motifs is 1. The van der Waals surface area contributed by atoms with Gasteiger partial charge in [0.1, 0.15) is 12.6 Å². The summed E-state index contributed by atoms with van der Waals surface area (Å²) in [5.41, 5.74) is 5.66. The van der Waals surface area contributed by atoms with Gasteiger partial charge in [0, 0.05) is 31.2 Å². The molecule has 8 nitrogen and oxygen atoms in total. The van der Waals surface area contributed by atoms with Crippen molar-refractivity contribution in [3.8, 4) is 0 Å². The van der Waals surface area contributed by atoms with Gasteiger partial charge in [0.15, 0.2) is 0 Å². The number of aryl methyl sites for hydroxylation is 1. The molecule has 2 aromatic carbocycles. The van der Waals surface area contributed by atoms with Crippen molar-refractivity contribution in [2.45, 2.75) is 32.2 Å². The highest BCUT2D eigenvalue weighted by Crippen LogP contribution is 2.27. The molecule has 1 aliphatic heterocycles. The first kappa shape index (κ1) is 24.2. The van der Waals surface area contributed by atoms with E-state index in [0.29, 0.717) is 32.4 Å². The number of anilines is 1. The number of aromatic nitrogens is 2. The Balaban J connectivity index is 1.35. The van der Waals surface area contributed by atoms with Gasteiger partial charge in [-0.3, -0.25) is 9.89 Å². The summed E-state index contributed by atoms with van der Waals surface area (Å²) in [6.45, 7) is 3.05. The van der Waals surface area contributed by atoms with E-state index in [-0.39, 0.29) is 11.9 Å². The maximum absolute atomic E-state index is 12.9. The number of nitrogens with one attached hydrogen (secondary N) is 3. The number of likely N-dealkylation sites (tertiary alicyclic amines) is 1. The smallest absolute Gasteiger partial charge is 0.317 e. The molecule has 2 amide bonds. The van der Waals surface area contributed by atoms with Crippen molar-refractivity contribution in [2.24, 2.45) is 5.92 Å². The van der Waals surface area contributed by atoms with Crippen LogP contribution < -0.4 is 10.6 Å². The van der Waals surface area contributed by atoms with Gasteiger partial charge in [-0.2, -0.15) is 5.10 Å². The number of allylic oxidation sites excluding steroid dienone is 1. The third-order valence-electron chi connectivity index (χ3n) is 6.68. The summed E-state index contributed by atoms with van der Waals surface area (Å²) < 4.78 is 0. The summed E-state index contributed by atoms with van der Waals surface area (Å²) in [7, 11) is 1.86. The molecule has 8 heteroatoms. The summed E-state index contributed by atoms with van der Waals surface area (Å²) in [6.07, 6.45) is 7.20. The largest absolute Gasteiger partial charge is 0.388 e. The predicted molar refractivity (Wildman–Crippen MR) is 137 cm³/mol. The molecule has 0 spiro atoms. The van der Waals surface area contributed by atoms with Crippen LogP contribution in [0.4, 0.5) is 10.5 Å². The Hall–Kier alpha value is -3.94. The molecular formula is C27H31N5O3. The van der Waals surface area contributed by atoms with Crippen LogP contribution in [0.3, 0.4) is 0 Å². The number of aldehydes is 2. The number of benzene rings is 2. The fraction of sp³-hybridized carbons (Fsp3) is 0.333. The minimum atomic E-state index is -0.618. The Morgan fingerprint density at radius 3 is 2.71 bits per heavy atom. The summed E-state index contributed by atoms with van der Waals surface area (Å²) >= 11 is 0. The number of carbonyl (C=O) groups excluding carboxylic acids is 3. The lowest BCUT2D eigenvalue weighted by Gasteiger charge is -2.33. The minimum Gasteiger partial charge on any atom is -0.388 e. The topological polar surface area (TPSA) is 107 Å². The number of para-hydroxylation sites is 1. The molecule has 1 saturated heterocycles. The molecule has 1 atom stereocenters. The molecule has 0 aliphatic carbocycles. The van der Waals surface area contributed by atoms with Gasteiger partial charge in [0.25, 0.3) is 0 Å². The van der Waals surface area contributed by atoms with Gasteiger partial charge in [-0.25, -0.2) is 4.79 Å². The van der Waals surface area contributed by atoms with E-state index in [2.05, 4.69) is 20.8 Å². The van der Waals surface area contributed by atoms with E-state index in [1.807, 2.05) is 56.4 Å². The van der Waals surface area contributed by atoms with Crippen molar-refractivity contribution in [1.82, 2.24) is 20.4 Å². The number of piperidine rings is 1. The number of aromatic amines is 1. The number of hydrogen-bond acceptors (Lipinski definition) is 5. The van der Waals surface area contributed by atoms with Gasteiger partial charge >= 0.3 is 6.03 Å². The SMILES string of the molecule is CNc1ccccc1/C=C(\C=O)C1CCN(C(=O)NC(C=O)Cc2cc(C)c3[nH]ncc3c2)CC1. The zero-order chi connectivity index (χ0) is 24.8. The third-order valence-corrected chi connectivity index (χ3v) is 6.68. The summed E-state index contributed by atoms with van der Waals surface area (Å²) in [5.74, 6) is 0.0907. The molecule has 4 rings (SSSR count). The zero-order valence-electron chi connectivity index (χ0n) is 20.1. The Kier molecular flexibility index (Phi) is 7.60. The lowest BCUT2D eigenvalue weighted by molar-refractivity contribution is -0.109. The van der Waals surface area contributed by atoms with Crippen LogP contribution in [0.15, 0.2) is 48.2 Å². The van der Waals surface area contributed by atoms with Crippen molar-refractivity contribution < 1.29 is 14.4 Å². The molecular weight excluding hydrogens is 442 g/mol. The number of urea groups is 1. The second kappa shape index (κ2) is 11.0. The Labute approximate surface area is 204 Å². The van der Waals surface area contributed by atoms with Crippen molar-refractivity contribution in [1.29, 1.82) is 0 Å². The molecule has 1 aliphatic rings. The minimum absolute atomic E-state index is 0.0907. The monoisotopic (exact) mass is 473 g/mol. The van der Waals surface area contributed by atoms with Crippen LogP contribution >= 0.6 is 0 Å². The normalized spacial score (nSPS) is 15.6. The number of nitrogens with zero attached hydrogens (tertiary/aromatic N) is 2. The number of carbonyl (C=O) groups is 3. The van der Waals surface area contributed by atoms with Gasteiger partial charge in [-0.05, 0) is 72.6 Å². The van der Waals surface area contributed by atoms with Gasteiger partial charge in [0.05, 0.1) is 17.8 Å². The summed E-state index contributed by atoms with van der Waals surface area (Å²) in [4.78, 5) is 38.2. The molecule has 1 aromatic heterocycles. The van der Waals surface area contributed by atoms with E-state index in [0.717, 1.165) is 51.4 Å². The zero-order valence-corrected chi connectivity index (χ0v) is 20.1. The van der Waals surface area contributed by atoms with Crippen molar-refractivity contribution in [2.75, 3.05) is 25.5 Å². The Bertz CT molecular complexity index is 1240. The highest BCUT2D eigenvalue weighted by atomic mass is 16.2. The molecule has 3 aromatic rings. The second-order valence-electron chi connectivity index (χ2n) is 9.00. The lowest BCUT2D eigenvalue weighted by atomic mass is 9.88. The third kappa shape index (κ3) is 5.59.